The van der Waals surface area contributed by atoms with E-state index in [1.807, 2.05) is 22.6 Å². The van der Waals surface area contributed by atoms with Gasteiger partial charge in [-0.2, -0.15) is 13.2 Å². The van der Waals surface area contributed by atoms with Gasteiger partial charge in [0.15, 0.2) is 3.77 Å². The molecule has 2 rings (SSSR count). The van der Waals surface area contributed by atoms with Crippen molar-refractivity contribution >= 4 is 39.9 Å². The minimum Gasteiger partial charge on any atom is -0.454 e. The number of anilines is 1. The zero-order valence-corrected chi connectivity index (χ0v) is 12.3. The van der Waals surface area contributed by atoms with Gasteiger partial charge in [0.05, 0.1) is 12.1 Å². The van der Waals surface area contributed by atoms with E-state index in [1.54, 1.807) is 12.1 Å². The maximum atomic E-state index is 12.8. The summed E-state index contributed by atoms with van der Waals surface area (Å²) in [7, 11) is 0. The van der Waals surface area contributed by atoms with Crippen LogP contribution in [0.4, 0.5) is 18.9 Å². The van der Waals surface area contributed by atoms with E-state index in [4.69, 9.17) is 16.0 Å². The highest BCUT2D eigenvalue weighted by molar-refractivity contribution is 14.1. The Morgan fingerprint density at radius 1 is 1.21 bits per heavy atom. The molecular weight excluding hydrogens is 393 g/mol. The molecule has 7 heteroatoms. The van der Waals surface area contributed by atoms with E-state index in [9.17, 15) is 13.2 Å². The Morgan fingerprint density at radius 2 is 1.95 bits per heavy atom. The Hall–Kier alpha value is -0.890. The maximum absolute atomic E-state index is 12.8. The van der Waals surface area contributed by atoms with Crippen molar-refractivity contribution in [3.05, 3.63) is 50.4 Å². The van der Waals surface area contributed by atoms with Crippen molar-refractivity contribution in [3.8, 4) is 0 Å². The summed E-state index contributed by atoms with van der Waals surface area (Å²) in [6, 6.07) is 7.06. The third-order valence-corrected chi connectivity index (χ3v) is 3.18. The van der Waals surface area contributed by atoms with Gasteiger partial charge in [0.1, 0.15) is 5.76 Å². The van der Waals surface area contributed by atoms with E-state index < -0.39 is 11.7 Å². The number of benzene rings is 1. The lowest BCUT2D eigenvalue weighted by molar-refractivity contribution is -0.136. The number of hydrogen-bond acceptors (Lipinski definition) is 2. The van der Waals surface area contributed by atoms with Crippen LogP contribution in [-0.2, 0) is 12.7 Å². The highest BCUT2D eigenvalue weighted by Crippen LogP contribution is 2.36. The Kier molecular flexibility index (Phi) is 4.29. The minimum atomic E-state index is -4.45. The third kappa shape index (κ3) is 3.79. The number of rotatable bonds is 3. The fourth-order valence-electron chi connectivity index (χ4n) is 1.53. The molecule has 0 bridgehead atoms. The summed E-state index contributed by atoms with van der Waals surface area (Å²) in [4.78, 5) is 0. The second-order valence-corrected chi connectivity index (χ2v) is 5.25. The molecule has 0 saturated heterocycles. The SMILES string of the molecule is FC(F)(F)c1cc(Cl)ccc1NCc1ccc(I)o1. The molecule has 1 N–H and O–H groups in total. The molecule has 0 amide bonds. The van der Waals surface area contributed by atoms with Crippen molar-refractivity contribution in [2.45, 2.75) is 12.7 Å². The van der Waals surface area contributed by atoms with Crippen molar-refractivity contribution in [2.75, 3.05) is 5.32 Å². The van der Waals surface area contributed by atoms with Crippen molar-refractivity contribution in [1.29, 1.82) is 0 Å². The molecule has 1 aromatic carbocycles. The van der Waals surface area contributed by atoms with E-state index in [1.165, 1.54) is 12.1 Å². The summed E-state index contributed by atoms with van der Waals surface area (Å²) >= 11 is 7.58. The molecule has 1 aromatic heterocycles. The van der Waals surface area contributed by atoms with Crippen molar-refractivity contribution in [3.63, 3.8) is 0 Å². The first-order valence-corrected chi connectivity index (χ1v) is 6.67. The van der Waals surface area contributed by atoms with Crippen LogP contribution in [0.2, 0.25) is 5.02 Å². The molecule has 102 valence electrons. The second-order valence-electron chi connectivity index (χ2n) is 3.75. The predicted molar refractivity (Wildman–Crippen MR) is 75.2 cm³/mol. The van der Waals surface area contributed by atoms with Crippen LogP contribution in [0.15, 0.2) is 34.7 Å². The average molecular weight is 402 g/mol. The molecule has 0 saturated carbocycles. The summed E-state index contributed by atoms with van der Waals surface area (Å²) in [5, 5.41) is 2.75. The Balaban J connectivity index is 2.20. The van der Waals surface area contributed by atoms with Gasteiger partial charge in [-0.3, -0.25) is 0 Å². The lowest BCUT2D eigenvalue weighted by Gasteiger charge is -2.14. The van der Waals surface area contributed by atoms with Gasteiger partial charge in [0.25, 0.3) is 0 Å². The molecule has 0 aliphatic carbocycles. The normalized spacial score (nSPS) is 11.6. The molecule has 0 unspecified atom stereocenters. The topological polar surface area (TPSA) is 25.2 Å². The molecule has 0 aliphatic rings. The molecule has 0 radical (unpaired) electrons. The highest BCUT2D eigenvalue weighted by Gasteiger charge is 2.33. The summed E-state index contributed by atoms with van der Waals surface area (Å²) in [5.74, 6) is 0.562. The fraction of sp³-hybridized carbons (Fsp3) is 0.167. The number of nitrogens with one attached hydrogen (secondary N) is 1. The number of halogens is 5. The average Bonchev–Trinajstić information content (AvgIpc) is 2.72. The molecule has 0 aliphatic heterocycles. The predicted octanol–water partition coefficient (Wildman–Crippen LogP) is 5.17. The van der Waals surface area contributed by atoms with Gasteiger partial charge in [0.2, 0.25) is 0 Å². The molecule has 0 atom stereocenters. The highest BCUT2D eigenvalue weighted by atomic mass is 127. The minimum absolute atomic E-state index is 0.0247. The summed E-state index contributed by atoms with van der Waals surface area (Å²) in [6.45, 7) is 0.174. The lowest BCUT2D eigenvalue weighted by Crippen LogP contribution is -2.10. The summed E-state index contributed by atoms with van der Waals surface area (Å²) in [5.41, 5.74) is -0.815. The molecular formula is C12H8ClF3INO. The molecule has 19 heavy (non-hydrogen) atoms. The number of alkyl halides is 3. The molecule has 2 nitrogen and oxygen atoms in total. The van der Waals surface area contributed by atoms with E-state index >= 15 is 0 Å². The largest absolute Gasteiger partial charge is 0.454 e. The summed E-state index contributed by atoms with van der Waals surface area (Å²) in [6.07, 6.45) is -4.45. The van der Waals surface area contributed by atoms with Crippen molar-refractivity contribution in [2.24, 2.45) is 0 Å². The van der Waals surface area contributed by atoms with E-state index in [0.717, 1.165) is 6.07 Å². The maximum Gasteiger partial charge on any atom is 0.418 e. The van der Waals surface area contributed by atoms with E-state index in [-0.39, 0.29) is 17.3 Å². The van der Waals surface area contributed by atoms with Crippen LogP contribution in [0, 0.1) is 3.77 Å². The quantitative estimate of drug-likeness (QED) is 0.718. The van der Waals surface area contributed by atoms with Gasteiger partial charge in [-0.25, -0.2) is 0 Å². The van der Waals surface area contributed by atoms with Crippen molar-refractivity contribution in [1.82, 2.24) is 0 Å². The van der Waals surface area contributed by atoms with Gasteiger partial charge in [-0.1, -0.05) is 11.6 Å². The van der Waals surface area contributed by atoms with Crippen LogP contribution in [0.3, 0.4) is 0 Å². The molecule has 1 heterocycles. The first-order valence-electron chi connectivity index (χ1n) is 5.21. The standard InChI is InChI=1S/C12H8ClF3INO/c13-7-1-3-10(9(5-7)12(14,15)16)18-6-8-2-4-11(17)19-8/h1-5,18H,6H2. The van der Waals surface area contributed by atoms with Crippen molar-refractivity contribution < 1.29 is 17.6 Å². The Labute approximate surface area is 126 Å². The number of furan rings is 1. The van der Waals surface area contributed by atoms with Crippen LogP contribution < -0.4 is 5.32 Å². The second kappa shape index (κ2) is 5.62. The third-order valence-electron chi connectivity index (χ3n) is 2.37. The Bertz CT molecular complexity index is 583. The zero-order chi connectivity index (χ0) is 14.0. The van der Waals surface area contributed by atoms with Crippen LogP contribution >= 0.6 is 34.2 Å². The van der Waals surface area contributed by atoms with Gasteiger partial charge in [-0.15, -0.1) is 0 Å². The summed E-state index contributed by atoms with van der Waals surface area (Å²) < 4.78 is 44.5. The molecule has 0 fully saturated rings. The Morgan fingerprint density at radius 3 is 2.53 bits per heavy atom. The lowest BCUT2D eigenvalue weighted by atomic mass is 10.1. The monoisotopic (exact) mass is 401 g/mol. The van der Waals surface area contributed by atoms with Crippen LogP contribution in [0.1, 0.15) is 11.3 Å². The first-order chi connectivity index (χ1) is 8.86. The van der Waals surface area contributed by atoms with Gasteiger partial charge < -0.3 is 9.73 Å². The van der Waals surface area contributed by atoms with Crippen LogP contribution in [-0.4, -0.2) is 0 Å². The fourth-order valence-corrected chi connectivity index (χ4v) is 2.17. The van der Waals surface area contributed by atoms with E-state index in [2.05, 4.69) is 5.32 Å². The zero-order valence-electron chi connectivity index (χ0n) is 9.39. The smallest absolute Gasteiger partial charge is 0.418 e. The molecule has 0 spiro atoms. The first kappa shape index (κ1) is 14.5. The van der Waals surface area contributed by atoms with Gasteiger partial charge in [0, 0.05) is 10.7 Å². The number of hydrogen-bond donors (Lipinski definition) is 1. The van der Waals surface area contributed by atoms with Crippen LogP contribution in [0.5, 0.6) is 0 Å². The van der Waals surface area contributed by atoms with Crippen LogP contribution in [0.25, 0.3) is 0 Å². The molecule has 2 aromatic rings. The van der Waals surface area contributed by atoms with Gasteiger partial charge in [-0.05, 0) is 52.9 Å². The van der Waals surface area contributed by atoms with E-state index in [0.29, 0.717) is 9.53 Å². The van der Waals surface area contributed by atoms with Gasteiger partial charge >= 0.3 is 6.18 Å².